The van der Waals surface area contributed by atoms with Gasteiger partial charge in [-0.2, -0.15) is 0 Å². The lowest BCUT2D eigenvalue weighted by molar-refractivity contribution is -0.190. The molecule has 2 heteroatoms. The van der Waals surface area contributed by atoms with E-state index < -0.39 is 0 Å². The van der Waals surface area contributed by atoms with E-state index in [1.165, 1.54) is 32.1 Å². The van der Waals surface area contributed by atoms with Crippen LogP contribution in [-0.2, 0) is 9.47 Å². The number of unbranched alkanes of at least 4 members (excludes halogenated alkanes) is 2. The predicted octanol–water partition coefficient (Wildman–Crippen LogP) is 3.89. The third kappa shape index (κ3) is 6.71. The third-order valence-corrected chi connectivity index (χ3v) is 3.22. The maximum atomic E-state index is 6.02. The van der Waals surface area contributed by atoms with Gasteiger partial charge >= 0.3 is 0 Å². The van der Waals surface area contributed by atoms with Crippen LogP contribution < -0.4 is 0 Å². The highest BCUT2D eigenvalue weighted by molar-refractivity contribution is 4.84. The Bertz CT molecular complexity index is 213. The molecule has 2 nitrogen and oxygen atoms in total. The second-order valence-corrected chi connectivity index (χ2v) is 4.79. The quantitative estimate of drug-likeness (QED) is 0.472. The van der Waals surface area contributed by atoms with Gasteiger partial charge in [0.2, 0.25) is 0 Å². The first-order valence-corrected chi connectivity index (χ1v) is 7.07. The van der Waals surface area contributed by atoms with Crippen LogP contribution in [0, 0.1) is 12.3 Å². The summed E-state index contributed by atoms with van der Waals surface area (Å²) in [6, 6.07) is 0. The first-order chi connectivity index (χ1) is 8.36. The first-order valence-electron chi connectivity index (χ1n) is 7.07. The molecule has 1 saturated heterocycles. The summed E-state index contributed by atoms with van der Waals surface area (Å²) in [5.74, 6) is 2.71. The van der Waals surface area contributed by atoms with Crippen LogP contribution in [0.2, 0.25) is 0 Å². The average Bonchev–Trinajstić information content (AvgIpc) is 2.37. The number of ether oxygens (including phenoxy) is 2. The monoisotopic (exact) mass is 238 g/mol. The molecule has 0 aromatic heterocycles. The summed E-state index contributed by atoms with van der Waals surface area (Å²) in [6.07, 6.45) is 15.7. The van der Waals surface area contributed by atoms with E-state index in [-0.39, 0.29) is 6.29 Å². The van der Waals surface area contributed by atoms with E-state index in [4.69, 9.17) is 15.9 Å². The molecule has 1 aliphatic rings. The summed E-state index contributed by atoms with van der Waals surface area (Å²) >= 11 is 0. The van der Waals surface area contributed by atoms with Gasteiger partial charge in [0.25, 0.3) is 0 Å². The number of hydrogen-bond donors (Lipinski definition) is 0. The molecule has 1 heterocycles. The predicted molar refractivity (Wildman–Crippen MR) is 70.7 cm³/mol. The van der Waals surface area contributed by atoms with Crippen molar-refractivity contribution in [3.05, 3.63) is 0 Å². The number of terminal acetylenes is 1. The molecule has 2 atom stereocenters. The van der Waals surface area contributed by atoms with Crippen LogP contribution in [0.25, 0.3) is 0 Å². The second-order valence-electron chi connectivity index (χ2n) is 4.79. The van der Waals surface area contributed by atoms with Crippen molar-refractivity contribution in [2.24, 2.45) is 0 Å². The Kier molecular flexibility index (Phi) is 8.13. The van der Waals surface area contributed by atoms with Crippen molar-refractivity contribution in [1.29, 1.82) is 0 Å². The zero-order chi connectivity index (χ0) is 12.3. The maximum absolute atomic E-state index is 6.02. The smallest absolute Gasteiger partial charge is 0.157 e. The van der Waals surface area contributed by atoms with Crippen LogP contribution in [0.15, 0.2) is 0 Å². The van der Waals surface area contributed by atoms with Crippen molar-refractivity contribution in [2.75, 3.05) is 6.61 Å². The Balaban J connectivity index is 2.25. The molecule has 1 rings (SSSR count). The molecular weight excluding hydrogens is 212 g/mol. The van der Waals surface area contributed by atoms with Gasteiger partial charge in [0, 0.05) is 13.0 Å². The van der Waals surface area contributed by atoms with Crippen LogP contribution in [-0.4, -0.2) is 19.0 Å². The Morgan fingerprint density at radius 3 is 2.88 bits per heavy atom. The van der Waals surface area contributed by atoms with E-state index in [0.29, 0.717) is 6.10 Å². The lowest BCUT2D eigenvalue weighted by Gasteiger charge is -2.27. The molecule has 0 saturated carbocycles. The summed E-state index contributed by atoms with van der Waals surface area (Å²) in [5.41, 5.74) is 0. The molecule has 0 unspecified atom stereocenters. The first kappa shape index (κ1) is 14.5. The van der Waals surface area contributed by atoms with E-state index in [2.05, 4.69) is 12.8 Å². The van der Waals surface area contributed by atoms with Crippen molar-refractivity contribution < 1.29 is 9.47 Å². The molecule has 98 valence electrons. The van der Waals surface area contributed by atoms with Crippen molar-refractivity contribution in [1.82, 2.24) is 0 Å². The van der Waals surface area contributed by atoms with Gasteiger partial charge in [0.15, 0.2) is 6.29 Å². The van der Waals surface area contributed by atoms with Crippen molar-refractivity contribution in [3.63, 3.8) is 0 Å². The van der Waals surface area contributed by atoms with E-state index in [1.807, 2.05) is 0 Å². The van der Waals surface area contributed by atoms with E-state index in [1.54, 1.807) is 0 Å². The van der Waals surface area contributed by atoms with E-state index >= 15 is 0 Å². The van der Waals surface area contributed by atoms with Crippen LogP contribution in [0.3, 0.4) is 0 Å². The molecule has 0 aromatic rings. The van der Waals surface area contributed by atoms with Crippen LogP contribution in [0.1, 0.15) is 64.7 Å². The van der Waals surface area contributed by atoms with Gasteiger partial charge in [0.1, 0.15) is 0 Å². The topological polar surface area (TPSA) is 18.5 Å². The summed E-state index contributed by atoms with van der Waals surface area (Å²) < 4.78 is 11.6. The SMILES string of the molecule is C#CCC[C@H](CCCCC)O[C@@H]1CCCCO1. The van der Waals surface area contributed by atoms with Gasteiger partial charge < -0.3 is 9.47 Å². The fourth-order valence-electron chi connectivity index (χ4n) is 2.18. The van der Waals surface area contributed by atoms with Crippen molar-refractivity contribution in [3.8, 4) is 12.3 Å². The van der Waals surface area contributed by atoms with Crippen LogP contribution in [0.4, 0.5) is 0 Å². The standard InChI is InChI=1S/C15H26O2/c1-3-5-7-11-14(10-6-4-2)17-15-12-8-9-13-16-15/h2,14-15H,3,5-13H2,1H3/t14-,15-/m1/s1. The molecule has 0 bridgehead atoms. The molecule has 17 heavy (non-hydrogen) atoms. The van der Waals surface area contributed by atoms with Gasteiger partial charge in [-0.3, -0.25) is 0 Å². The summed E-state index contributed by atoms with van der Waals surface area (Å²) in [5, 5.41) is 0. The lowest BCUT2D eigenvalue weighted by Crippen LogP contribution is -2.28. The molecule has 0 amide bonds. The van der Waals surface area contributed by atoms with E-state index in [9.17, 15) is 0 Å². The highest BCUT2D eigenvalue weighted by Crippen LogP contribution is 2.20. The van der Waals surface area contributed by atoms with Crippen LogP contribution >= 0.6 is 0 Å². The Hall–Kier alpha value is -0.520. The lowest BCUT2D eigenvalue weighted by atomic mass is 10.1. The summed E-state index contributed by atoms with van der Waals surface area (Å²) in [7, 11) is 0. The molecular formula is C15H26O2. The minimum absolute atomic E-state index is 0.0214. The molecule has 0 aromatic carbocycles. The van der Waals surface area contributed by atoms with Gasteiger partial charge in [0.05, 0.1) is 6.10 Å². The molecule has 0 N–H and O–H groups in total. The zero-order valence-electron chi connectivity index (χ0n) is 11.1. The normalized spacial score (nSPS) is 22.0. The van der Waals surface area contributed by atoms with Crippen molar-refractivity contribution >= 4 is 0 Å². The van der Waals surface area contributed by atoms with Crippen molar-refractivity contribution in [2.45, 2.75) is 77.1 Å². The summed E-state index contributed by atoms with van der Waals surface area (Å²) in [6.45, 7) is 3.07. The van der Waals surface area contributed by atoms with E-state index in [0.717, 1.165) is 32.3 Å². The number of rotatable bonds is 8. The van der Waals surface area contributed by atoms with Gasteiger partial charge in [-0.15, -0.1) is 12.3 Å². The Labute approximate surface area is 106 Å². The minimum Gasteiger partial charge on any atom is -0.353 e. The molecule has 1 fully saturated rings. The second kappa shape index (κ2) is 9.50. The fraction of sp³-hybridized carbons (Fsp3) is 0.867. The van der Waals surface area contributed by atoms with Gasteiger partial charge in [-0.05, 0) is 32.1 Å². The minimum atomic E-state index is 0.0214. The number of hydrogen-bond acceptors (Lipinski definition) is 2. The maximum Gasteiger partial charge on any atom is 0.157 e. The largest absolute Gasteiger partial charge is 0.353 e. The fourth-order valence-corrected chi connectivity index (χ4v) is 2.18. The highest BCUT2D eigenvalue weighted by atomic mass is 16.7. The molecule has 1 aliphatic heterocycles. The zero-order valence-corrected chi connectivity index (χ0v) is 11.1. The Morgan fingerprint density at radius 1 is 1.35 bits per heavy atom. The molecule has 0 radical (unpaired) electrons. The highest BCUT2D eigenvalue weighted by Gasteiger charge is 2.19. The summed E-state index contributed by atoms with van der Waals surface area (Å²) in [4.78, 5) is 0. The third-order valence-electron chi connectivity index (χ3n) is 3.22. The molecule has 0 aliphatic carbocycles. The molecule has 0 spiro atoms. The van der Waals surface area contributed by atoms with Gasteiger partial charge in [-0.25, -0.2) is 0 Å². The van der Waals surface area contributed by atoms with Crippen LogP contribution in [0.5, 0.6) is 0 Å². The van der Waals surface area contributed by atoms with Gasteiger partial charge in [-0.1, -0.05) is 26.2 Å². The Morgan fingerprint density at radius 2 is 2.24 bits per heavy atom. The average molecular weight is 238 g/mol.